The number of aromatic nitrogens is 2. The van der Waals surface area contributed by atoms with E-state index in [0.717, 1.165) is 4.90 Å². The van der Waals surface area contributed by atoms with E-state index in [1.165, 1.54) is 35.2 Å². The van der Waals surface area contributed by atoms with Gasteiger partial charge in [-0.05, 0) is 30.7 Å². The van der Waals surface area contributed by atoms with Crippen LogP contribution in [-0.4, -0.2) is 26.3 Å². The number of nitrogens with zero attached hydrogens (tertiary/aromatic N) is 3. The minimum atomic E-state index is -0.465. The molecule has 1 aromatic heterocycles. The van der Waals surface area contributed by atoms with Crippen LogP contribution in [0.25, 0.3) is 10.6 Å². The normalized spacial score (nSPS) is 11.8. The molecule has 1 N–H and O–H groups in total. The van der Waals surface area contributed by atoms with Gasteiger partial charge < -0.3 is 0 Å². The lowest BCUT2D eigenvalue weighted by molar-refractivity contribution is -0.384. The van der Waals surface area contributed by atoms with E-state index in [1.807, 2.05) is 19.1 Å². The third kappa shape index (κ3) is 5.06. The molecule has 28 heavy (non-hydrogen) atoms. The van der Waals surface area contributed by atoms with E-state index in [1.54, 1.807) is 24.3 Å². The van der Waals surface area contributed by atoms with Gasteiger partial charge in [0.15, 0.2) is 0 Å². The molecule has 0 bridgehead atoms. The number of nitro groups is 1. The Balaban J connectivity index is 1.69. The summed E-state index contributed by atoms with van der Waals surface area (Å²) >= 11 is 8.50. The van der Waals surface area contributed by atoms with Crippen molar-refractivity contribution in [3.8, 4) is 10.6 Å². The zero-order chi connectivity index (χ0) is 20.1. The van der Waals surface area contributed by atoms with Crippen molar-refractivity contribution in [3.05, 3.63) is 63.7 Å². The molecular formula is C18H15ClN4O3S2. The maximum absolute atomic E-state index is 12.6. The van der Waals surface area contributed by atoms with Gasteiger partial charge in [-0.2, -0.15) is 0 Å². The first-order chi connectivity index (χ1) is 13.5. The van der Waals surface area contributed by atoms with Gasteiger partial charge in [0.05, 0.1) is 10.2 Å². The van der Waals surface area contributed by atoms with E-state index >= 15 is 0 Å². The smallest absolute Gasteiger partial charge is 0.270 e. The Morgan fingerprint density at radius 3 is 2.71 bits per heavy atom. The minimum Gasteiger partial charge on any atom is -0.300 e. The average molecular weight is 435 g/mol. The van der Waals surface area contributed by atoms with Crippen molar-refractivity contribution in [1.82, 2.24) is 10.2 Å². The van der Waals surface area contributed by atoms with Crippen molar-refractivity contribution in [2.75, 3.05) is 5.32 Å². The molecule has 1 amide bonds. The molecule has 0 fully saturated rings. The molecule has 1 atom stereocenters. The number of amides is 1. The van der Waals surface area contributed by atoms with Crippen LogP contribution in [0.4, 0.5) is 10.8 Å². The van der Waals surface area contributed by atoms with Crippen LogP contribution in [-0.2, 0) is 4.79 Å². The fraction of sp³-hybridized carbons (Fsp3) is 0.167. The lowest BCUT2D eigenvalue weighted by Crippen LogP contribution is -2.24. The van der Waals surface area contributed by atoms with Gasteiger partial charge in [-0.1, -0.05) is 42.0 Å². The second-order valence-corrected chi connectivity index (χ2v) is 8.37. The summed E-state index contributed by atoms with van der Waals surface area (Å²) in [5.41, 5.74) is 0.554. The van der Waals surface area contributed by atoms with Crippen LogP contribution < -0.4 is 5.32 Å². The lowest BCUT2D eigenvalue weighted by Gasteiger charge is -2.13. The van der Waals surface area contributed by atoms with Gasteiger partial charge in [0.1, 0.15) is 5.01 Å². The van der Waals surface area contributed by atoms with Crippen molar-refractivity contribution in [3.63, 3.8) is 0 Å². The Kier molecular flexibility index (Phi) is 6.61. The van der Waals surface area contributed by atoms with Crippen LogP contribution in [0.3, 0.4) is 0 Å². The first-order valence-electron chi connectivity index (χ1n) is 8.27. The maximum atomic E-state index is 12.6. The molecule has 0 aliphatic heterocycles. The standard InChI is InChI=1S/C18H15ClN4O3S2/c1-2-15(27-14-8-6-12(19)7-9-14)16(24)20-18-22-21-17(28-18)11-4-3-5-13(10-11)23(25)26/h3-10,15H,2H2,1H3,(H,20,22,24)/t15-/m0/s1. The summed E-state index contributed by atoms with van der Waals surface area (Å²) < 4.78 is 0. The summed E-state index contributed by atoms with van der Waals surface area (Å²) in [6.45, 7) is 1.93. The second-order valence-electron chi connectivity index (χ2n) is 5.68. The van der Waals surface area contributed by atoms with Crippen molar-refractivity contribution < 1.29 is 9.72 Å². The number of anilines is 1. The first-order valence-corrected chi connectivity index (χ1v) is 10.3. The van der Waals surface area contributed by atoms with Crippen molar-refractivity contribution in [1.29, 1.82) is 0 Å². The minimum absolute atomic E-state index is 0.0244. The average Bonchev–Trinajstić information content (AvgIpc) is 3.16. The highest BCUT2D eigenvalue weighted by Crippen LogP contribution is 2.31. The molecule has 0 saturated heterocycles. The fourth-order valence-electron chi connectivity index (χ4n) is 2.33. The van der Waals surface area contributed by atoms with Gasteiger partial charge in [-0.3, -0.25) is 20.2 Å². The molecule has 0 aliphatic rings. The monoisotopic (exact) mass is 434 g/mol. The summed E-state index contributed by atoms with van der Waals surface area (Å²) in [4.78, 5) is 24.0. The number of hydrogen-bond donors (Lipinski definition) is 1. The number of carbonyl (C=O) groups excluding carboxylic acids is 1. The number of benzene rings is 2. The van der Waals surface area contributed by atoms with Crippen LogP contribution in [0.2, 0.25) is 5.02 Å². The molecule has 10 heteroatoms. The van der Waals surface area contributed by atoms with E-state index in [2.05, 4.69) is 15.5 Å². The molecule has 3 rings (SSSR count). The van der Waals surface area contributed by atoms with Crippen molar-refractivity contribution in [2.24, 2.45) is 0 Å². The van der Waals surface area contributed by atoms with E-state index in [-0.39, 0.29) is 16.8 Å². The van der Waals surface area contributed by atoms with Gasteiger partial charge in [0, 0.05) is 27.6 Å². The van der Waals surface area contributed by atoms with E-state index in [4.69, 9.17) is 11.6 Å². The van der Waals surface area contributed by atoms with E-state index in [0.29, 0.717) is 27.1 Å². The zero-order valence-corrected chi connectivity index (χ0v) is 17.1. The Morgan fingerprint density at radius 1 is 1.29 bits per heavy atom. The highest BCUT2D eigenvalue weighted by molar-refractivity contribution is 8.00. The molecule has 1 heterocycles. The van der Waals surface area contributed by atoms with Crippen LogP contribution in [0.5, 0.6) is 0 Å². The molecule has 0 saturated carbocycles. The number of non-ortho nitro benzene ring substituents is 1. The van der Waals surface area contributed by atoms with Crippen molar-refractivity contribution in [2.45, 2.75) is 23.5 Å². The number of halogens is 1. The molecule has 0 aliphatic carbocycles. The summed E-state index contributed by atoms with van der Waals surface area (Å²) in [6.07, 6.45) is 0.635. The van der Waals surface area contributed by atoms with Gasteiger partial charge in [-0.15, -0.1) is 22.0 Å². The molecule has 2 aromatic carbocycles. The Bertz CT molecular complexity index is 995. The Labute approximate surface area is 174 Å². The highest BCUT2D eigenvalue weighted by atomic mass is 35.5. The fourth-order valence-corrected chi connectivity index (χ4v) is 4.15. The maximum Gasteiger partial charge on any atom is 0.270 e. The van der Waals surface area contributed by atoms with E-state index in [9.17, 15) is 14.9 Å². The first kappa shape index (κ1) is 20.2. The molecule has 0 spiro atoms. The SMILES string of the molecule is CC[C@H](Sc1ccc(Cl)cc1)C(=O)Nc1nnc(-c2cccc([N+](=O)[O-])c2)s1. The molecular weight excluding hydrogens is 420 g/mol. The summed E-state index contributed by atoms with van der Waals surface area (Å²) in [7, 11) is 0. The van der Waals surface area contributed by atoms with Gasteiger partial charge in [0.2, 0.25) is 11.0 Å². The van der Waals surface area contributed by atoms with Crippen LogP contribution in [0.1, 0.15) is 13.3 Å². The number of rotatable bonds is 7. The molecule has 3 aromatic rings. The summed E-state index contributed by atoms with van der Waals surface area (Å²) in [5.74, 6) is -0.177. The molecule has 7 nitrogen and oxygen atoms in total. The molecule has 0 unspecified atom stereocenters. The second kappa shape index (κ2) is 9.13. The number of nitrogens with one attached hydrogen (secondary N) is 1. The quantitative estimate of drug-likeness (QED) is 0.308. The summed E-state index contributed by atoms with van der Waals surface area (Å²) in [6, 6.07) is 13.4. The summed E-state index contributed by atoms with van der Waals surface area (Å²) in [5, 5.41) is 22.9. The Morgan fingerprint density at radius 2 is 2.04 bits per heavy atom. The predicted octanol–water partition coefficient (Wildman–Crippen LogP) is 5.28. The highest BCUT2D eigenvalue weighted by Gasteiger charge is 2.20. The van der Waals surface area contributed by atoms with Crippen LogP contribution in [0, 0.1) is 10.1 Å². The predicted molar refractivity (Wildman–Crippen MR) is 112 cm³/mol. The number of thioether (sulfide) groups is 1. The lowest BCUT2D eigenvalue weighted by atomic mass is 10.2. The van der Waals surface area contributed by atoms with E-state index < -0.39 is 4.92 Å². The molecule has 0 radical (unpaired) electrons. The van der Waals surface area contributed by atoms with Crippen molar-refractivity contribution >= 4 is 51.4 Å². The number of nitro benzene ring substituents is 1. The third-order valence-electron chi connectivity index (χ3n) is 3.71. The number of carbonyl (C=O) groups is 1. The number of hydrogen-bond acceptors (Lipinski definition) is 7. The zero-order valence-electron chi connectivity index (χ0n) is 14.7. The van der Waals surface area contributed by atoms with Gasteiger partial charge in [0.25, 0.3) is 5.69 Å². The molecule has 144 valence electrons. The topological polar surface area (TPSA) is 98.0 Å². The third-order valence-corrected chi connectivity index (χ3v) is 6.23. The van der Waals surface area contributed by atoms with Crippen LogP contribution >= 0.6 is 34.7 Å². The van der Waals surface area contributed by atoms with Crippen LogP contribution in [0.15, 0.2) is 53.4 Å². The largest absolute Gasteiger partial charge is 0.300 e. The Hall–Kier alpha value is -2.49. The van der Waals surface area contributed by atoms with Gasteiger partial charge in [-0.25, -0.2) is 0 Å². The van der Waals surface area contributed by atoms with Gasteiger partial charge >= 0.3 is 0 Å².